The van der Waals surface area contributed by atoms with Crippen LogP contribution in [-0.2, 0) is 16.1 Å². The highest BCUT2D eigenvalue weighted by atomic mass is 35.5. The van der Waals surface area contributed by atoms with Crippen LogP contribution >= 0.6 is 11.6 Å². The van der Waals surface area contributed by atoms with Gasteiger partial charge >= 0.3 is 0 Å². The van der Waals surface area contributed by atoms with E-state index < -0.39 is 5.82 Å². The van der Waals surface area contributed by atoms with E-state index in [2.05, 4.69) is 10.1 Å². The van der Waals surface area contributed by atoms with Gasteiger partial charge in [0.05, 0.1) is 5.02 Å². The van der Waals surface area contributed by atoms with Crippen molar-refractivity contribution in [1.82, 2.24) is 19.9 Å². The third-order valence-corrected chi connectivity index (χ3v) is 6.42. The number of halogens is 2. The van der Waals surface area contributed by atoms with Crippen LogP contribution < -0.4 is 4.74 Å². The molecule has 0 N–H and O–H groups in total. The first-order valence-corrected chi connectivity index (χ1v) is 11.4. The molecule has 2 saturated heterocycles. The molecule has 0 aliphatic carbocycles. The quantitative estimate of drug-likeness (QED) is 0.515. The minimum Gasteiger partial charge on any atom is -0.457 e. The van der Waals surface area contributed by atoms with Gasteiger partial charge < -0.3 is 19.1 Å². The second kappa shape index (κ2) is 9.06. The number of carbonyl (C=O) groups is 2. The van der Waals surface area contributed by atoms with Crippen LogP contribution in [0.3, 0.4) is 0 Å². The van der Waals surface area contributed by atoms with Gasteiger partial charge in [-0.2, -0.15) is 4.98 Å². The van der Waals surface area contributed by atoms with Crippen LogP contribution in [0.2, 0.25) is 5.02 Å². The van der Waals surface area contributed by atoms with Crippen molar-refractivity contribution in [3.63, 3.8) is 0 Å². The predicted molar refractivity (Wildman–Crippen MR) is 121 cm³/mol. The van der Waals surface area contributed by atoms with Gasteiger partial charge in [0.25, 0.3) is 5.89 Å². The summed E-state index contributed by atoms with van der Waals surface area (Å²) >= 11 is 5.80. The predicted octanol–water partition coefficient (Wildman–Crippen LogP) is 4.39. The Kier molecular flexibility index (Phi) is 5.95. The van der Waals surface area contributed by atoms with E-state index in [-0.39, 0.29) is 34.4 Å². The van der Waals surface area contributed by atoms with Gasteiger partial charge in [-0.15, -0.1) is 0 Å². The summed E-state index contributed by atoms with van der Waals surface area (Å²) in [6.45, 7) is 1.59. The summed E-state index contributed by atoms with van der Waals surface area (Å²) in [6, 6.07) is 9.57. The number of benzene rings is 2. The smallest absolute Gasteiger partial charge is 0.258 e. The lowest BCUT2D eigenvalue weighted by molar-refractivity contribution is -0.128. The van der Waals surface area contributed by atoms with E-state index >= 15 is 0 Å². The number of aromatic nitrogens is 2. The number of hydrogen-bond donors (Lipinski definition) is 0. The van der Waals surface area contributed by atoms with Crippen LogP contribution in [0, 0.1) is 5.82 Å². The first-order chi connectivity index (χ1) is 16.4. The maximum Gasteiger partial charge on any atom is 0.258 e. The van der Waals surface area contributed by atoms with Crippen LogP contribution in [0.5, 0.6) is 11.5 Å². The highest BCUT2D eigenvalue weighted by Crippen LogP contribution is 2.34. The number of likely N-dealkylation sites (N-methyl/N-ethyl adjacent to an activating group) is 1. The minimum atomic E-state index is -0.593. The number of carbonyl (C=O) groups excluding carboxylic acids is 2. The molecule has 8 nitrogen and oxygen atoms in total. The van der Waals surface area contributed by atoms with Crippen molar-refractivity contribution >= 4 is 23.4 Å². The number of ether oxygens (including phenoxy) is 1. The third kappa shape index (κ3) is 4.48. The van der Waals surface area contributed by atoms with Gasteiger partial charge in [-0.25, -0.2) is 4.39 Å². The molecule has 5 rings (SSSR count). The second-order valence-corrected chi connectivity index (χ2v) is 8.96. The average Bonchev–Trinajstić information content (AvgIpc) is 3.53. The lowest BCUT2D eigenvalue weighted by atomic mass is 10.1. The number of nitrogens with zero attached hydrogens (tertiary/aromatic N) is 4. The Morgan fingerprint density at radius 3 is 2.76 bits per heavy atom. The molecule has 2 aliphatic heterocycles. The zero-order chi connectivity index (χ0) is 23.8. The van der Waals surface area contributed by atoms with Crippen LogP contribution in [0.4, 0.5) is 4.39 Å². The van der Waals surface area contributed by atoms with Crippen molar-refractivity contribution < 1.29 is 23.2 Å². The highest BCUT2D eigenvalue weighted by Gasteiger charge is 2.31. The van der Waals surface area contributed by atoms with Crippen molar-refractivity contribution in [2.75, 3.05) is 20.1 Å². The fourth-order valence-corrected chi connectivity index (χ4v) is 4.33. The van der Waals surface area contributed by atoms with Gasteiger partial charge in [0.1, 0.15) is 17.3 Å². The largest absolute Gasteiger partial charge is 0.457 e. The summed E-state index contributed by atoms with van der Waals surface area (Å²) < 4.78 is 25.5. The van der Waals surface area contributed by atoms with Crippen molar-refractivity contribution in [1.29, 1.82) is 0 Å². The molecule has 1 aromatic heterocycles. The lowest BCUT2D eigenvalue weighted by Crippen LogP contribution is -2.24. The third-order valence-electron chi connectivity index (χ3n) is 6.11. The van der Waals surface area contributed by atoms with Gasteiger partial charge in [-0.1, -0.05) is 22.8 Å². The monoisotopic (exact) mass is 484 g/mol. The first kappa shape index (κ1) is 22.3. The summed E-state index contributed by atoms with van der Waals surface area (Å²) in [5, 5.41) is 4.07. The number of hydrogen-bond acceptors (Lipinski definition) is 6. The molecule has 0 radical (unpaired) electrons. The molecule has 2 amide bonds. The Morgan fingerprint density at radius 2 is 2.06 bits per heavy atom. The zero-order valence-corrected chi connectivity index (χ0v) is 19.2. The minimum absolute atomic E-state index is 0.00147. The van der Waals surface area contributed by atoms with Crippen molar-refractivity contribution in [3.05, 3.63) is 58.6 Å². The molecule has 1 unspecified atom stereocenters. The maximum absolute atomic E-state index is 14.0. The maximum atomic E-state index is 14.0. The summed E-state index contributed by atoms with van der Waals surface area (Å²) in [5.41, 5.74) is 1.37. The van der Waals surface area contributed by atoms with Gasteiger partial charge in [0.15, 0.2) is 5.82 Å². The van der Waals surface area contributed by atoms with E-state index in [1.807, 2.05) is 12.1 Å². The molecule has 2 fully saturated rings. The summed E-state index contributed by atoms with van der Waals surface area (Å²) in [7, 11) is 1.75. The molecule has 10 heteroatoms. The number of rotatable bonds is 6. The molecule has 0 spiro atoms. The average molecular weight is 485 g/mol. The Balaban J connectivity index is 1.45. The van der Waals surface area contributed by atoms with Crippen molar-refractivity contribution in [2.45, 2.75) is 31.7 Å². The molecule has 2 aromatic carbocycles. The summed E-state index contributed by atoms with van der Waals surface area (Å²) in [6.07, 6.45) is 1.69. The normalized spacial score (nSPS) is 18.3. The van der Waals surface area contributed by atoms with E-state index in [0.717, 1.165) is 12.0 Å². The molecule has 0 saturated carbocycles. The Hall–Kier alpha value is -3.46. The van der Waals surface area contributed by atoms with Gasteiger partial charge in [-0.3, -0.25) is 9.59 Å². The second-order valence-electron chi connectivity index (χ2n) is 8.55. The van der Waals surface area contributed by atoms with E-state index in [4.69, 9.17) is 20.9 Å². The lowest BCUT2D eigenvalue weighted by Gasteiger charge is -2.19. The SMILES string of the molecule is CN1CC(c2noc(-c3ccc(CN4CCCC4=O)c(Oc4ccc(Cl)c(F)c4)c3)n2)CC1=O. The van der Waals surface area contributed by atoms with Gasteiger partial charge in [-0.05, 0) is 30.7 Å². The fraction of sp³-hybridized carbons (Fsp3) is 0.333. The standard InChI is InChI=1S/C24H22ClFN4O4/c1-29-12-16(10-22(29)32)23-27-24(34-28-23)14-4-5-15(13-30-8-2-3-21(30)31)20(9-14)33-17-6-7-18(25)19(26)11-17/h4-7,9,11,16H,2-3,8,10,12-13H2,1H3. The van der Waals surface area contributed by atoms with Crippen LogP contribution in [0.15, 0.2) is 40.9 Å². The Bertz CT molecular complexity index is 1260. The summed E-state index contributed by atoms with van der Waals surface area (Å²) in [5.74, 6) is 0.886. The summed E-state index contributed by atoms with van der Waals surface area (Å²) in [4.78, 5) is 31.9. The fourth-order valence-electron chi connectivity index (χ4n) is 4.21. The molecule has 2 aliphatic rings. The molecular formula is C24H22ClFN4O4. The number of likely N-dealkylation sites (tertiary alicyclic amines) is 2. The highest BCUT2D eigenvalue weighted by molar-refractivity contribution is 6.30. The van der Waals surface area contributed by atoms with Gasteiger partial charge in [0, 0.05) is 62.6 Å². The van der Waals surface area contributed by atoms with Crippen LogP contribution in [0.25, 0.3) is 11.5 Å². The molecule has 1 atom stereocenters. The van der Waals surface area contributed by atoms with E-state index in [0.29, 0.717) is 49.6 Å². The van der Waals surface area contributed by atoms with E-state index in [1.54, 1.807) is 29.0 Å². The van der Waals surface area contributed by atoms with Crippen molar-refractivity contribution in [2.24, 2.45) is 0 Å². The molecule has 176 valence electrons. The first-order valence-electron chi connectivity index (χ1n) is 11.0. The Morgan fingerprint density at radius 1 is 1.21 bits per heavy atom. The number of amides is 2. The van der Waals surface area contributed by atoms with E-state index in [1.165, 1.54) is 12.1 Å². The van der Waals surface area contributed by atoms with Gasteiger partial charge in [0.2, 0.25) is 11.8 Å². The molecule has 34 heavy (non-hydrogen) atoms. The van der Waals surface area contributed by atoms with E-state index in [9.17, 15) is 14.0 Å². The molecular weight excluding hydrogens is 463 g/mol. The molecule has 3 heterocycles. The van der Waals surface area contributed by atoms with Crippen LogP contribution in [-0.4, -0.2) is 51.9 Å². The topological polar surface area (TPSA) is 88.8 Å². The zero-order valence-electron chi connectivity index (χ0n) is 18.5. The Labute approximate surface area is 200 Å². The van der Waals surface area contributed by atoms with Crippen molar-refractivity contribution in [3.8, 4) is 23.0 Å². The molecule has 0 bridgehead atoms. The van der Waals surface area contributed by atoms with Crippen LogP contribution in [0.1, 0.15) is 36.6 Å². The molecule has 3 aromatic rings.